The van der Waals surface area contributed by atoms with Crippen molar-refractivity contribution in [3.63, 3.8) is 0 Å². The summed E-state index contributed by atoms with van der Waals surface area (Å²) >= 11 is 3.21. The number of nitrogens with zero attached hydrogens (tertiary/aromatic N) is 1. The summed E-state index contributed by atoms with van der Waals surface area (Å²) in [7, 11) is 2.79. The van der Waals surface area contributed by atoms with Crippen molar-refractivity contribution in [1.82, 2.24) is 4.98 Å². The zero-order valence-electron chi connectivity index (χ0n) is 28.8. The van der Waals surface area contributed by atoms with E-state index < -0.39 is 12.2 Å². The van der Waals surface area contributed by atoms with Crippen molar-refractivity contribution < 1.29 is 38.1 Å². The predicted molar refractivity (Wildman–Crippen MR) is 192 cm³/mol. The third-order valence-electron chi connectivity index (χ3n) is 10.2. The second-order valence-electron chi connectivity index (χ2n) is 13.3. The molecule has 4 aromatic rings. The van der Waals surface area contributed by atoms with Crippen molar-refractivity contribution >= 4 is 56.8 Å². The molecule has 0 N–H and O–H groups in total. The molecule has 2 aliphatic carbocycles. The molecule has 2 heterocycles. The summed E-state index contributed by atoms with van der Waals surface area (Å²) in [5, 5.41) is 2.87. The van der Waals surface area contributed by atoms with Crippen LogP contribution in [-0.4, -0.2) is 43.1 Å². The highest BCUT2D eigenvalue weighted by Crippen LogP contribution is 2.41. The van der Waals surface area contributed by atoms with Crippen LogP contribution in [0.25, 0.3) is 31.2 Å². The van der Waals surface area contributed by atoms with Crippen LogP contribution in [0.2, 0.25) is 0 Å². The second-order valence-corrected chi connectivity index (χ2v) is 15.2. The van der Waals surface area contributed by atoms with Gasteiger partial charge in [-0.05, 0) is 82.2 Å². The maximum absolute atomic E-state index is 13.3. The first-order chi connectivity index (χ1) is 24.2. The van der Waals surface area contributed by atoms with E-state index >= 15 is 0 Å². The Morgan fingerprint density at radius 2 is 1.10 bits per heavy atom. The van der Waals surface area contributed by atoms with Crippen LogP contribution in [0.1, 0.15) is 88.5 Å². The summed E-state index contributed by atoms with van der Waals surface area (Å²) in [4.78, 5) is 56.9. The van der Waals surface area contributed by atoms with Crippen molar-refractivity contribution in [3.8, 4) is 21.0 Å². The maximum Gasteiger partial charge on any atom is 0.309 e. The molecule has 0 aliphatic heterocycles. The van der Waals surface area contributed by atoms with Crippen molar-refractivity contribution in [2.24, 2.45) is 23.7 Å². The van der Waals surface area contributed by atoms with Gasteiger partial charge in [0.25, 0.3) is 0 Å². The number of thiophene rings is 1. The predicted octanol–water partition coefficient (Wildman–Crippen LogP) is 8.86. The van der Waals surface area contributed by atoms with Gasteiger partial charge in [-0.1, -0.05) is 42.5 Å². The first-order valence-electron chi connectivity index (χ1n) is 17.3. The molecular formula is C39H43NO8S2. The largest absolute Gasteiger partial charge is 0.469 e. The Balaban J connectivity index is 1.24. The summed E-state index contributed by atoms with van der Waals surface area (Å²) in [6, 6.07) is 16.3. The minimum atomic E-state index is -0.573. The normalized spacial score (nSPS) is 21.9. The number of aromatic nitrogens is 1. The van der Waals surface area contributed by atoms with Gasteiger partial charge in [0.05, 0.1) is 48.1 Å². The quantitative estimate of drug-likeness (QED) is 0.117. The molecule has 2 aromatic carbocycles. The van der Waals surface area contributed by atoms with Gasteiger partial charge < -0.3 is 18.9 Å². The number of benzene rings is 2. The molecule has 264 valence electrons. The lowest BCUT2D eigenvalue weighted by Crippen LogP contribution is -2.28. The van der Waals surface area contributed by atoms with Gasteiger partial charge in [-0.2, -0.15) is 0 Å². The lowest BCUT2D eigenvalue weighted by Gasteiger charge is -2.27. The fourth-order valence-electron chi connectivity index (χ4n) is 7.17. The maximum atomic E-state index is 13.3. The van der Waals surface area contributed by atoms with E-state index in [0.717, 1.165) is 32.0 Å². The van der Waals surface area contributed by atoms with Crippen molar-refractivity contribution in [2.75, 3.05) is 14.2 Å². The lowest BCUT2D eigenvalue weighted by molar-refractivity contribution is -0.157. The molecule has 0 radical (unpaired) electrons. The fourth-order valence-corrected chi connectivity index (χ4v) is 9.10. The number of hydrogen-bond donors (Lipinski definition) is 0. The first kappa shape index (κ1) is 35.7. The first-order valence-corrected chi connectivity index (χ1v) is 19.0. The molecule has 0 saturated heterocycles. The molecule has 2 fully saturated rings. The molecule has 9 nitrogen and oxygen atoms in total. The number of ether oxygens (including phenoxy) is 4. The van der Waals surface area contributed by atoms with Crippen LogP contribution in [0.5, 0.6) is 0 Å². The van der Waals surface area contributed by atoms with E-state index in [0.29, 0.717) is 56.9 Å². The molecule has 2 aliphatic rings. The second kappa shape index (κ2) is 15.9. The summed E-state index contributed by atoms with van der Waals surface area (Å²) in [6.45, 7) is 3.73. The van der Waals surface area contributed by atoms with Gasteiger partial charge >= 0.3 is 23.9 Å². The van der Waals surface area contributed by atoms with E-state index in [4.69, 9.17) is 23.9 Å². The van der Waals surface area contributed by atoms with Gasteiger partial charge in [0.1, 0.15) is 17.2 Å². The standard InChI is InChI=1S/C39H43NO8S2/c1-22(47-38(43)28-15-11-26(12-16-28)36(41)45-3)30-19-20-31(23(2)48-39(44)29-17-13-27(14-18-29)37(42)46-4)34-33(30)40-35(50-34)25-9-7-24(8-10-25)32-6-5-21-49-32/h5-10,19-23,26-29H,11-18H2,1-4H3. The Morgan fingerprint density at radius 3 is 1.58 bits per heavy atom. The Bertz CT molecular complexity index is 1720. The Hall–Kier alpha value is -4.09. The number of fused-ring (bicyclic) bond motifs is 1. The minimum absolute atomic E-state index is 0.172. The monoisotopic (exact) mass is 717 g/mol. The Labute approximate surface area is 300 Å². The van der Waals surface area contributed by atoms with Gasteiger partial charge in [0, 0.05) is 21.6 Å². The number of rotatable bonds is 10. The van der Waals surface area contributed by atoms with Crippen LogP contribution < -0.4 is 0 Å². The Morgan fingerprint density at radius 1 is 0.640 bits per heavy atom. The van der Waals surface area contributed by atoms with Gasteiger partial charge in [-0.25, -0.2) is 4.98 Å². The summed E-state index contributed by atoms with van der Waals surface area (Å²) in [5.74, 6) is -1.88. The average molecular weight is 718 g/mol. The van der Waals surface area contributed by atoms with Crippen LogP contribution >= 0.6 is 22.7 Å². The zero-order chi connectivity index (χ0) is 35.4. The number of esters is 4. The van der Waals surface area contributed by atoms with Crippen LogP contribution in [0.3, 0.4) is 0 Å². The van der Waals surface area contributed by atoms with E-state index in [1.165, 1.54) is 30.4 Å². The topological polar surface area (TPSA) is 118 Å². The van der Waals surface area contributed by atoms with Crippen molar-refractivity contribution in [2.45, 2.75) is 77.4 Å². The van der Waals surface area contributed by atoms with Crippen LogP contribution in [0.4, 0.5) is 0 Å². The highest BCUT2D eigenvalue weighted by atomic mass is 32.1. The molecule has 2 saturated carbocycles. The lowest BCUT2D eigenvalue weighted by atomic mass is 9.82. The summed E-state index contributed by atoms with van der Waals surface area (Å²) in [5.41, 5.74) is 4.41. The molecule has 2 unspecified atom stereocenters. The van der Waals surface area contributed by atoms with E-state index in [1.54, 1.807) is 11.3 Å². The Kier molecular flexibility index (Phi) is 11.3. The molecular weight excluding hydrogens is 675 g/mol. The summed E-state index contributed by atoms with van der Waals surface area (Å²) < 4.78 is 22.8. The minimum Gasteiger partial charge on any atom is -0.469 e. The molecule has 2 aromatic heterocycles. The van der Waals surface area contributed by atoms with Crippen molar-refractivity contribution in [1.29, 1.82) is 0 Å². The third-order valence-corrected chi connectivity index (χ3v) is 12.3. The highest BCUT2D eigenvalue weighted by molar-refractivity contribution is 7.21. The van der Waals surface area contributed by atoms with Crippen LogP contribution in [0, 0.1) is 23.7 Å². The molecule has 0 amide bonds. The van der Waals surface area contributed by atoms with E-state index in [2.05, 4.69) is 35.7 Å². The van der Waals surface area contributed by atoms with Crippen molar-refractivity contribution in [3.05, 3.63) is 65.0 Å². The van der Waals surface area contributed by atoms with Crippen LogP contribution in [0.15, 0.2) is 53.9 Å². The molecule has 50 heavy (non-hydrogen) atoms. The number of carbonyl (C=O) groups excluding carboxylic acids is 4. The van der Waals surface area contributed by atoms with Gasteiger partial charge in [-0.3, -0.25) is 19.2 Å². The number of hydrogen-bond acceptors (Lipinski definition) is 11. The number of carbonyl (C=O) groups is 4. The third kappa shape index (κ3) is 7.78. The van der Waals surface area contributed by atoms with Gasteiger partial charge in [0.2, 0.25) is 0 Å². The van der Waals surface area contributed by atoms with E-state index in [9.17, 15) is 19.2 Å². The number of methoxy groups -OCH3 is 2. The highest BCUT2D eigenvalue weighted by Gasteiger charge is 2.34. The van der Waals surface area contributed by atoms with E-state index in [1.807, 2.05) is 32.0 Å². The fraction of sp³-hybridized carbons (Fsp3) is 0.462. The molecule has 0 bridgehead atoms. The summed E-state index contributed by atoms with van der Waals surface area (Å²) in [6.07, 6.45) is 3.61. The molecule has 6 rings (SSSR count). The van der Waals surface area contributed by atoms with Gasteiger partial charge in [-0.15, -0.1) is 22.7 Å². The zero-order valence-corrected chi connectivity index (χ0v) is 30.5. The molecule has 2 atom stereocenters. The van der Waals surface area contributed by atoms with Crippen LogP contribution in [-0.2, 0) is 38.1 Å². The average Bonchev–Trinajstić information content (AvgIpc) is 3.85. The van der Waals surface area contributed by atoms with E-state index in [-0.39, 0.29) is 47.5 Å². The molecule has 11 heteroatoms. The SMILES string of the molecule is COC(=O)C1CCC(C(=O)OC(C)c2ccc(C(C)OC(=O)C3CCC(C(=O)OC)CC3)c3sc(-c4ccc(-c5cccs5)cc4)nc23)CC1. The number of thiazole rings is 1. The van der Waals surface area contributed by atoms with Gasteiger partial charge in [0.15, 0.2) is 0 Å². The molecule has 0 spiro atoms. The smallest absolute Gasteiger partial charge is 0.309 e.